The van der Waals surface area contributed by atoms with Crippen molar-refractivity contribution in [3.63, 3.8) is 0 Å². The largest absolute Gasteiger partial charge is 0.469 e. The zero-order valence-corrected chi connectivity index (χ0v) is 11.8. The summed E-state index contributed by atoms with van der Waals surface area (Å²) >= 11 is 1.52. The molecule has 5 nitrogen and oxygen atoms in total. The molecular weight excluding hydrogens is 276 g/mol. The molecule has 104 valence electrons. The Kier molecular flexibility index (Phi) is 4.84. The van der Waals surface area contributed by atoms with Crippen LogP contribution in [0, 0.1) is 0 Å². The molecule has 0 saturated carbocycles. The van der Waals surface area contributed by atoms with Gasteiger partial charge in [0.2, 0.25) is 5.91 Å². The lowest BCUT2D eigenvalue weighted by Crippen LogP contribution is -2.24. The number of amides is 1. The molecule has 0 saturated heterocycles. The van der Waals surface area contributed by atoms with Crippen molar-refractivity contribution in [3.05, 3.63) is 35.3 Å². The molecule has 1 N–H and O–H groups in total. The van der Waals surface area contributed by atoms with Gasteiger partial charge in [-0.2, -0.15) is 0 Å². The van der Waals surface area contributed by atoms with Crippen LogP contribution in [0.1, 0.15) is 11.4 Å². The minimum absolute atomic E-state index is 0.164. The molecule has 0 aliphatic rings. The molecule has 20 heavy (non-hydrogen) atoms. The van der Waals surface area contributed by atoms with Gasteiger partial charge in [0.15, 0.2) is 0 Å². The number of thiazole rings is 1. The molecular formula is C14H14N2O3S. The van der Waals surface area contributed by atoms with E-state index in [9.17, 15) is 9.59 Å². The van der Waals surface area contributed by atoms with E-state index < -0.39 is 0 Å². The van der Waals surface area contributed by atoms with E-state index in [1.807, 2.05) is 24.3 Å². The van der Waals surface area contributed by atoms with Crippen molar-refractivity contribution in [1.82, 2.24) is 10.3 Å². The Bertz CT molecular complexity index is 616. The molecule has 0 unspecified atom stereocenters. The van der Waals surface area contributed by atoms with Gasteiger partial charge in [0, 0.05) is 12.6 Å². The van der Waals surface area contributed by atoms with Crippen LogP contribution in [0.2, 0.25) is 0 Å². The molecule has 1 amide bonds. The predicted molar refractivity (Wildman–Crippen MR) is 78.3 cm³/mol. The molecule has 0 spiro atoms. The second-order valence-electron chi connectivity index (χ2n) is 3.97. The number of para-hydroxylation sites is 1. The maximum atomic E-state index is 11.5. The van der Waals surface area contributed by atoms with Crippen molar-refractivity contribution >= 4 is 39.5 Å². The fourth-order valence-corrected chi connectivity index (χ4v) is 2.43. The van der Waals surface area contributed by atoms with Gasteiger partial charge in [0.25, 0.3) is 0 Å². The second-order valence-corrected chi connectivity index (χ2v) is 5.03. The van der Waals surface area contributed by atoms with Crippen molar-refractivity contribution in [2.24, 2.45) is 0 Å². The van der Waals surface area contributed by atoms with Crippen molar-refractivity contribution in [3.8, 4) is 0 Å². The van der Waals surface area contributed by atoms with Crippen LogP contribution in [0.4, 0.5) is 0 Å². The molecule has 0 aliphatic carbocycles. The Hall–Kier alpha value is -2.21. The van der Waals surface area contributed by atoms with E-state index in [1.54, 1.807) is 6.08 Å². The highest BCUT2D eigenvalue weighted by Crippen LogP contribution is 2.22. The maximum Gasteiger partial charge on any atom is 0.307 e. The highest BCUT2D eigenvalue weighted by atomic mass is 32.1. The molecule has 2 aromatic rings. The van der Waals surface area contributed by atoms with Crippen molar-refractivity contribution < 1.29 is 14.3 Å². The van der Waals surface area contributed by atoms with Crippen molar-refractivity contribution in [2.75, 3.05) is 13.7 Å². The summed E-state index contributed by atoms with van der Waals surface area (Å²) in [5, 5.41) is 3.37. The highest BCUT2D eigenvalue weighted by molar-refractivity contribution is 7.19. The van der Waals surface area contributed by atoms with Crippen LogP contribution < -0.4 is 5.32 Å². The fraction of sp³-hybridized carbons (Fsp3) is 0.214. The molecule has 0 atom stereocenters. The standard InChI is InChI=1S/C14H14N2O3S/c1-19-14(18)8-9-15-12(17)6-7-13-16-10-4-2-3-5-11(10)20-13/h2-7H,8-9H2,1H3,(H,15,17)/b7-6+. The topological polar surface area (TPSA) is 68.3 Å². The minimum Gasteiger partial charge on any atom is -0.469 e. The third kappa shape index (κ3) is 3.89. The van der Waals surface area contributed by atoms with Crippen LogP contribution >= 0.6 is 11.3 Å². The first kappa shape index (κ1) is 14.2. The monoisotopic (exact) mass is 290 g/mol. The molecule has 1 aromatic carbocycles. The molecule has 1 heterocycles. The number of hydrogen-bond donors (Lipinski definition) is 1. The predicted octanol–water partition coefficient (Wildman–Crippen LogP) is 1.99. The van der Waals surface area contributed by atoms with E-state index in [1.165, 1.54) is 24.5 Å². The van der Waals surface area contributed by atoms with Gasteiger partial charge < -0.3 is 10.1 Å². The maximum absolute atomic E-state index is 11.5. The highest BCUT2D eigenvalue weighted by Gasteiger charge is 2.02. The van der Waals surface area contributed by atoms with Gasteiger partial charge in [0.1, 0.15) is 5.01 Å². The quantitative estimate of drug-likeness (QED) is 0.675. The first-order chi connectivity index (χ1) is 9.69. The average Bonchev–Trinajstić information content (AvgIpc) is 2.87. The third-order valence-corrected chi connectivity index (χ3v) is 3.55. The number of methoxy groups -OCH3 is 1. The van der Waals surface area contributed by atoms with Gasteiger partial charge in [0.05, 0.1) is 23.7 Å². The number of aromatic nitrogens is 1. The number of nitrogens with one attached hydrogen (secondary N) is 1. The van der Waals surface area contributed by atoms with E-state index in [4.69, 9.17) is 0 Å². The lowest BCUT2D eigenvalue weighted by Gasteiger charge is -2.00. The molecule has 1 aromatic heterocycles. The molecule has 6 heteroatoms. The van der Waals surface area contributed by atoms with E-state index in [-0.39, 0.29) is 24.8 Å². The van der Waals surface area contributed by atoms with Gasteiger partial charge in [-0.05, 0) is 18.2 Å². The zero-order valence-electron chi connectivity index (χ0n) is 11.0. The normalized spacial score (nSPS) is 10.8. The van der Waals surface area contributed by atoms with Crippen LogP contribution in [0.3, 0.4) is 0 Å². The third-order valence-electron chi connectivity index (χ3n) is 2.54. The minimum atomic E-state index is -0.347. The number of nitrogens with zero attached hydrogens (tertiary/aromatic N) is 1. The molecule has 0 aliphatic heterocycles. The van der Waals surface area contributed by atoms with Crippen LogP contribution in [0.15, 0.2) is 30.3 Å². The number of fused-ring (bicyclic) bond motifs is 1. The summed E-state index contributed by atoms with van der Waals surface area (Å²) in [5.41, 5.74) is 0.920. The summed E-state index contributed by atoms with van der Waals surface area (Å²) in [6, 6.07) is 7.79. The number of benzene rings is 1. The van der Waals surface area contributed by atoms with Gasteiger partial charge in [-0.15, -0.1) is 11.3 Å². The Morgan fingerprint density at radius 1 is 1.40 bits per heavy atom. The van der Waals surface area contributed by atoms with E-state index in [0.29, 0.717) is 0 Å². The number of hydrogen-bond acceptors (Lipinski definition) is 5. The fourth-order valence-electron chi connectivity index (χ4n) is 1.56. The summed E-state index contributed by atoms with van der Waals surface area (Å²) < 4.78 is 5.56. The van der Waals surface area contributed by atoms with Crippen LogP contribution in [0.5, 0.6) is 0 Å². The van der Waals surface area contributed by atoms with E-state index >= 15 is 0 Å². The Balaban J connectivity index is 1.88. The van der Waals surface area contributed by atoms with Gasteiger partial charge in [-0.3, -0.25) is 9.59 Å². The number of esters is 1. The summed E-state index contributed by atoms with van der Waals surface area (Å²) in [5.74, 6) is -0.603. The first-order valence-corrected chi connectivity index (χ1v) is 6.89. The van der Waals surface area contributed by atoms with Gasteiger partial charge >= 0.3 is 5.97 Å². The lowest BCUT2D eigenvalue weighted by molar-refractivity contribution is -0.140. The Labute approximate surface area is 120 Å². The number of carbonyl (C=O) groups is 2. The van der Waals surface area contributed by atoms with E-state index in [2.05, 4.69) is 15.0 Å². The summed E-state index contributed by atoms with van der Waals surface area (Å²) in [6.45, 7) is 0.260. The number of rotatable bonds is 5. The van der Waals surface area contributed by atoms with Gasteiger partial charge in [-0.1, -0.05) is 12.1 Å². The molecule has 0 bridgehead atoms. The smallest absolute Gasteiger partial charge is 0.307 e. The molecule has 0 radical (unpaired) electrons. The van der Waals surface area contributed by atoms with Crippen LogP contribution in [0.25, 0.3) is 16.3 Å². The summed E-state index contributed by atoms with van der Waals surface area (Å²) in [6.07, 6.45) is 3.24. The SMILES string of the molecule is COC(=O)CCNC(=O)/C=C/c1nc2ccccc2s1. The van der Waals surface area contributed by atoms with Crippen molar-refractivity contribution in [1.29, 1.82) is 0 Å². The van der Waals surface area contributed by atoms with Gasteiger partial charge in [-0.25, -0.2) is 4.98 Å². The number of ether oxygens (including phenoxy) is 1. The Morgan fingerprint density at radius 3 is 2.95 bits per heavy atom. The summed E-state index contributed by atoms with van der Waals surface area (Å²) in [4.78, 5) is 26.8. The number of carbonyl (C=O) groups excluding carboxylic acids is 2. The average molecular weight is 290 g/mol. The van der Waals surface area contributed by atoms with E-state index in [0.717, 1.165) is 15.2 Å². The molecule has 2 rings (SSSR count). The lowest BCUT2D eigenvalue weighted by atomic mass is 10.3. The second kappa shape index (κ2) is 6.81. The zero-order chi connectivity index (χ0) is 14.4. The summed E-state index contributed by atoms with van der Waals surface area (Å²) in [7, 11) is 1.32. The molecule has 0 fully saturated rings. The Morgan fingerprint density at radius 2 is 2.20 bits per heavy atom. The van der Waals surface area contributed by atoms with Crippen LogP contribution in [-0.4, -0.2) is 30.5 Å². The van der Waals surface area contributed by atoms with Crippen molar-refractivity contribution in [2.45, 2.75) is 6.42 Å². The van der Waals surface area contributed by atoms with Crippen LogP contribution in [-0.2, 0) is 14.3 Å². The first-order valence-electron chi connectivity index (χ1n) is 6.07.